The molecule has 144 valence electrons. The Morgan fingerprint density at radius 3 is 2.39 bits per heavy atom. The topological polar surface area (TPSA) is 23.5 Å². The molecule has 1 saturated heterocycles. The molecule has 1 fully saturated rings. The number of phenols is 1. The standard InChI is InChI=1S/C24H23BrClNO/c1-16-6-2-3-7-17(16)13-27-14-21(19-8-4-5-9-23(19)25)22(15-27)20-12-18(26)10-11-24(20)28/h2-12,21-22,28H,13-15H2,1H3/t21-,22-/m1/s1. The van der Waals surface area contributed by atoms with Gasteiger partial charge < -0.3 is 5.11 Å². The van der Waals surface area contributed by atoms with E-state index in [9.17, 15) is 5.11 Å². The van der Waals surface area contributed by atoms with Crippen molar-refractivity contribution in [1.29, 1.82) is 0 Å². The third-order valence-corrected chi connectivity index (χ3v) is 6.70. The van der Waals surface area contributed by atoms with Crippen LogP contribution in [0.15, 0.2) is 71.2 Å². The first-order valence-corrected chi connectivity index (χ1v) is 10.7. The van der Waals surface area contributed by atoms with Crippen LogP contribution in [0.2, 0.25) is 5.02 Å². The minimum atomic E-state index is 0.182. The van der Waals surface area contributed by atoms with E-state index in [1.165, 1.54) is 16.7 Å². The van der Waals surface area contributed by atoms with Gasteiger partial charge in [0.05, 0.1) is 0 Å². The predicted octanol–water partition coefficient (Wildman–Crippen LogP) is 6.50. The van der Waals surface area contributed by atoms with Crippen LogP contribution in [-0.2, 0) is 6.54 Å². The fourth-order valence-corrected chi connectivity index (χ4v) is 5.03. The Balaban J connectivity index is 1.70. The molecule has 0 unspecified atom stereocenters. The van der Waals surface area contributed by atoms with Crippen molar-refractivity contribution in [1.82, 2.24) is 4.90 Å². The van der Waals surface area contributed by atoms with E-state index in [2.05, 4.69) is 70.2 Å². The summed E-state index contributed by atoms with van der Waals surface area (Å²) in [7, 11) is 0. The molecule has 3 aromatic rings. The number of rotatable bonds is 4. The minimum Gasteiger partial charge on any atom is -0.508 e. The summed E-state index contributed by atoms with van der Waals surface area (Å²) in [5, 5.41) is 11.2. The number of likely N-dealkylation sites (tertiary alicyclic amines) is 1. The highest BCUT2D eigenvalue weighted by Gasteiger charge is 2.37. The number of aryl methyl sites for hydroxylation is 1. The van der Waals surface area contributed by atoms with Crippen LogP contribution in [0.5, 0.6) is 5.75 Å². The summed E-state index contributed by atoms with van der Waals surface area (Å²) >= 11 is 10.0. The molecule has 1 aliphatic rings. The SMILES string of the molecule is Cc1ccccc1CN1C[C@H](c2cc(Cl)ccc2O)[C@@H](c2ccccc2Br)C1. The molecule has 0 aliphatic carbocycles. The summed E-state index contributed by atoms with van der Waals surface area (Å²) in [4.78, 5) is 2.48. The Bertz CT molecular complexity index is 990. The lowest BCUT2D eigenvalue weighted by molar-refractivity contribution is 0.322. The molecule has 2 atom stereocenters. The molecule has 4 heteroatoms. The van der Waals surface area contributed by atoms with Gasteiger partial charge in [-0.3, -0.25) is 4.90 Å². The summed E-state index contributed by atoms with van der Waals surface area (Å²) in [5.74, 6) is 0.787. The zero-order valence-electron chi connectivity index (χ0n) is 15.8. The van der Waals surface area contributed by atoms with Gasteiger partial charge >= 0.3 is 0 Å². The van der Waals surface area contributed by atoms with Gasteiger partial charge in [-0.2, -0.15) is 0 Å². The van der Waals surface area contributed by atoms with Crippen molar-refractivity contribution >= 4 is 27.5 Å². The Kier molecular flexibility index (Phi) is 5.77. The van der Waals surface area contributed by atoms with E-state index in [1.807, 2.05) is 12.1 Å². The number of halogens is 2. The Hall–Kier alpha value is -1.81. The molecule has 4 rings (SSSR count). The maximum atomic E-state index is 10.6. The number of aromatic hydroxyl groups is 1. The van der Waals surface area contributed by atoms with Crippen molar-refractivity contribution < 1.29 is 5.11 Å². The highest BCUT2D eigenvalue weighted by Crippen LogP contribution is 2.45. The van der Waals surface area contributed by atoms with E-state index in [1.54, 1.807) is 12.1 Å². The second-order valence-electron chi connectivity index (χ2n) is 7.56. The zero-order chi connectivity index (χ0) is 19.7. The van der Waals surface area contributed by atoms with Gasteiger partial charge in [-0.05, 0) is 47.9 Å². The highest BCUT2D eigenvalue weighted by molar-refractivity contribution is 9.10. The molecule has 2 nitrogen and oxygen atoms in total. The number of hydrogen-bond donors (Lipinski definition) is 1. The normalized spacial score (nSPS) is 19.8. The first kappa shape index (κ1) is 19.5. The van der Waals surface area contributed by atoms with Gasteiger partial charge in [-0.25, -0.2) is 0 Å². The third kappa shape index (κ3) is 3.98. The summed E-state index contributed by atoms with van der Waals surface area (Å²) in [6.45, 7) is 4.89. The lowest BCUT2D eigenvalue weighted by atomic mass is 9.84. The molecule has 0 amide bonds. The van der Waals surface area contributed by atoms with Gasteiger partial charge in [0.15, 0.2) is 0 Å². The molecule has 0 spiro atoms. The summed E-state index contributed by atoms with van der Waals surface area (Å²) in [6.07, 6.45) is 0. The monoisotopic (exact) mass is 455 g/mol. The summed E-state index contributed by atoms with van der Waals surface area (Å²) < 4.78 is 1.12. The second kappa shape index (κ2) is 8.28. The van der Waals surface area contributed by atoms with Crippen LogP contribution in [0.4, 0.5) is 0 Å². The number of phenolic OH excluding ortho intramolecular Hbond substituents is 1. The molecule has 1 heterocycles. The van der Waals surface area contributed by atoms with E-state index in [0.29, 0.717) is 10.8 Å². The van der Waals surface area contributed by atoms with Crippen LogP contribution in [0, 0.1) is 6.92 Å². The van der Waals surface area contributed by atoms with Crippen molar-refractivity contribution in [2.75, 3.05) is 13.1 Å². The minimum absolute atomic E-state index is 0.182. The van der Waals surface area contributed by atoms with Crippen LogP contribution in [0.25, 0.3) is 0 Å². The average Bonchev–Trinajstić information content (AvgIpc) is 3.09. The summed E-state index contributed by atoms with van der Waals surface area (Å²) in [5.41, 5.74) is 4.87. The molecule has 0 aromatic heterocycles. The Morgan fingerprint density at radius 2 is 1.64 bits per heavy atom. The maximum Gasteiger partial charge on any atom is 0.119 e. The number of hydrogen-bond acceptors (Lipinski definition) is 2. The molecule has 0 saturated carbocycles. The maximum absolute atomic E-state index is 10.6. The van der Waals surface area contributed by atoms with Gasteiger partial charge in [-0.15, -0.1) is 0 Å². The summed E-state index contributed by atoms with van der Waals surface area (Å²) in [6, 6.07) is 22.3. The van der Waals surface area contributed by atoms with Gasteiger partial charge in [-0.1, -0.05) is 70.0 Å². The van der Waals surface area contributed by atoms with Crippen molar-refractivity contribution in [2.24, 2.45) is 0 Å². The van der Waals surface area contributed by atoms with Crippen molar-refractivity contribution in [3.63, 3.8) is 0 Å². The average molecular weight is 457 g/mol. The van der Waals surface area contributed by atoms with Crippen molar-refractivity contribution in [3.05, 3.63) is 98.5 Å². The van der Waals surface area contributed by atoms with E-state index >= 15 is 0 Å². The molecular weight excluding hydrogens is 434 g/mol. The third-order valence-electron chi connectivity index (χ3n) is 5.74. The van der Waals surface area contributed by atoms with Crippen LogP contribution < -0.4 is 0 Å². The number of benzene rings is 3. The van der Waals surface area contributed by atoms with Crippen LogP contribution in [-0.4, -0.2) is 23.1 Å². The Morgan fingerprint density at radius 1 is 0.964 bits per heavy atom. The molecular formula is C24H23BrClNO. The van der Waals surface area contributed by atoms with E-state index < -0.39 is 0 Å². The van der Waals surface area contributed by atoms with E-state index in [0.717, 1.165) is 29.7 Å². The largest absolute Gasteiger partial charge is 0.508 e. The van der Waals surface area contributed by atoms with Gasteiger partial charge in [0.1, 0.15) is 5.75 Å². The first-order chi connectivity index (χ1) is 13.5. The quantitative estimate of drug-likeness (QED) is 0.484. The van der Waals surface area contributed by atoms with E-state index in [-0.39, 0.29) is 11.8 Å². The smallest absolute Gasteiger partial charge is 0.119 e. The van der Waals surface area contributed by atoms with Gasteiger partial charge in [0.25, 0.3) is 0 Å². The van der Waals surface area contributed by atoms with Crippen LogP contribution in [0.1, 0.15) is 34.1 Å². The van der Waals surface area contributed by atoms with Crippen molar-refractivity contribution in [3.8, 4) is 5.75 Å². The lowest BCUT2D eigenvalue weighted by Gasteiger charge is -2.21. The highest BCUT2D eigenvalue weighted by atomic mass is 79.9. The molecule has 3 aromatic carbocycles. The first-order valence-electron chi connectivity index (χ1n) is 9.52. The molecule has 0 radical (unpaired) electrons. The second-order valence-corrected chi connectivity index (χ2v) is 8.85. The molecule has 1 N–H and O–H groups in total. The van der Waals surface area contributed by atoms with Gasteiger partial charge in [0.2, 0.25) is 0 Å². The molecule has 1 aliphatic heterocycles. The van der Waals surface area contributed by atoms with Gasteiger partial charge in [0, 0.05) is 46.5 Å². The van der Waals surface area contributed by atoms with Crippen LogP contribution >= 0.6 is 27.5 Å². The predicted molar refractivity (Wildman–Crippen MR) is 119 cm³/mol. The molecule has 0 bridgehead atoms. The zero-order valence-corrected chi connectivity index (χ0v) is 18.1. The fraction of sp³-hybridized carbons (Fsp3) is 0.250. The molecule has 28 heavy (non-hydrogen) atoms. The Labute approximate surface area is 179 Å². The number of nitrogens with zero attached hydrogens (tertiary/aromatic N) is 1. The van der Waals surface area contributed by atoms with E-state index in [4.69, 9.17) is 11.6 Å². The fourth-order valence-electron chi connectivity index (χ4n) is 4.27. The van der Waals surface area contributed by atoms with Crippen molar-refractivity contribution in [2.45, 2.75) is 25.3 Å². The van der Waals surface area contributed by atoms with Crippen LogP contribution in [0.3, 0.4) is 0 Å². The lowest BCUT2D eigenvalue weighted by Crippen LogP contribution is -2.20.